The van der Waals surface area contributed by atoms with E-state index in [1.807, 2.05) is 54.6 Å². The highest BCUT2D eigenvalue weighted by Gasteiger charge is 2.03. The number of aromatic hydroxyl groups is 1. The van der Waals surface area contributed by atoms with Gasteiger partial charge in [0.2, 0.25) is 0 Å². The molecule has 0 spiro atoms. The lowest BCUT2D eigenvalue weighted by Gasteiger charge is -2.04. The van der Waals surface area contributed by atoms with E-state index in [2.05, 4.69) is 4.98 Å². The Kier molecular flexibility index (Phi) is 3.56. The maximum Gasteiger partial charge on any atom is 0.141 e. The van der Waals surface area contributed by atoms with E-state index in [0.29, 0.717) is 5.52 Å². The number of aromatic nitrogens is 1. The van der Waals surface area contributed by atoms with Gasteiger partial charge < -0.3 is 9.84 Å². The Morgan fingerprint density at radius 3 is 2.57 bits per heavy atom. The highest BCUT2D eigenvalue weighted by Crippen LogP contribution is 2.26. The molecule has 3 heteroatoms. The van der Waals surface area contributed by atoms with Gasteiger partial charge in [-0.3, -0.25) is 4.98 Å². The minimum absolute atomic E-state index is 0.201. The van der Waals surface area contributed by atoms with Crippen LogP contribution in [-0.2, 0) is 0 Å². The third-order valence-electron chi connectivity index (χ3n) is 3.35. The first-order valence-electron chi connectivity index (χ1n) is 6.67. The summed E-state index contributed by atoms with van der Waals surface area (Å²) in [6, 6.07) is 15.2. The summed E-state index contributed by atoms with van der Waals surface area (Å²) in [6.07, 6.45) is 5.72. The molecule has 3 aromatic rings. The van der Waals surface area contributed by atoms with Crippen LogP contribution in [0.4, 0.5) is 0 Å². The van der Waals surface area contributed by atoms with Crippen molar-refractivity contribution in [1.82, 2.24) is 4.98 Å². The van der Waals surface area contributed by atoms with Crippen molar-refractivity contribution in [2.24, 2.45) is 0 Å². The van der Waals surface area contributed by atoms with Crippen molar-refractivity contribution in [3.8, 4) is 11.5 Å². The average Bonchev–Trinajstić information content (AvgIpc) is 2.55. The molecule has 0 saturated heterocycles. The van der Waals surface area contributed by atoms with Gasteiger partial charge >= 0.3 is 0 Å². The van der Waals surface area contributed by atoms with E-state index >= 15 is 0 Å². The molecule has 0 unspecified atom stereocenters. The van der Waals surface area contributed by atoms with Crippen LogP contribution in [0.1, 0.15) is 11.1 Å². The molecule has 104 valence electrons. The number of nitrogens with zero attached hydrogens (tertiary/aromatic N) is 1. The van der Waals surface area contributed by atoms with Gasteiger partial charge in [0.1, 0.15) is 17.0 Å². The second-order valence-corrected chi connectivity index (χ2v) is 4.68. The molecule has 1 aromatic heterocycles. The van der Waals surface area contributed by atoms with E-state index in [1.165, 1.54) is 0 Å². The number of ether oxygens (including phenoxy) is 1. The SMILES string of the molecule is COc1ccc(/C=C/c2ccc(O)c3ncccc23)cc1. The quantitative estimate of drug-likeness (QED) is 0.732. The van der Waals surface area contributed by atoms with Crippen LogP contribution < -0.4 is 4.74 Å². The zero-order chi connectivity index (χ0) is 14.7. The summed E-state index contributed by atoms with van der Waals surface area (Å²) in [7, 11) is 1.65. The van der Waals surface area contributed by atoms with Gasteiger partial charge in [0, 0.05) is 11.6 Å². The molecular formula is C18H15NO2. The molecule has 0 bridgehead atoms. The first kappa shape index (κ1) is 13.2. The zero-order valence-electron chi connectivity index (χ0n) is 11.7. The van der Waals surface area contributed by atoms with Gasteiger partial charge in [-0.2, -0.15) is 0 Å². The number of fused-ring (bicyclic) bond motifs is 1. The van der Waals surface area contributed by atoms with Crippen LogP contribution in [0.15, 0.2) is 54.7 Å². The van der Waals surface area contributed by atoms with Crippen molar-refractivity contribution < 1.29 is 9.84 Å². The second kappa shape index (κ2) is 5.67. The number of phenols is 1. The predicted molar refractivity (Wildman–Crippen MR) is 85.3 cm³/mol. The Labute approximate surface area is 123 Å². The molecule has 0 fully saturated rings. The van der Waals surface area contributed by atoms with Gasteiger partial charge in [-0.25, -0.2) is 0 Å². The molecular weight excluding hydrogens is 262 g/mol. The van der Waals surface area contributed by atoms with Crippen LogP contribution >= 0.6 is 0 Å². The van der Waals surface area contributed by atoms with Crippen molar-refractivity contribution in [3.63, 3.8) is 0 Å². The summed E-state index contributed by atoms with van der Waals surface area (Å²) in [5.41, 5.74) is 2.72. The van der Waals surface area contributed by atoms with E-state index in [0.717, 1.165) is 22.3 Å². The first-order chi connectivity index (χ1) is 10.3. The van der Waals surface area contributed by atoms with Crippen LogP contribution in [0.5, 0.6) is 11.5 Å². The molecule has 3 rings (SSSR count). The highest BCUT2D eigenvalue weighted by molar-refractivity contribution is 5.93. The second-order valence-electron chi connectivity index (χ2n) is 4.68. The van der Waals surface area contributed by atoms with Gasteiger partial charge in [0.15, 0.2) is 0 Å². The van der Waals surface area contributed by atoms with Crippen molar-refractivity contribution in [3.05, 3.63) is 65.9 Å². The van der Waals surface area contributed by atoms with Crippen LogP contribution in [0.2, 0.25) is 0 Å². The fourth-order valence-corrected chi connectivity index (χ4v) is 2.23. The Hall–Kier alpha value is -2.81. The molecule has 1 heterocycles. The minimum atomic E-state index is 0.201. The van der Waals surface area contributed by atoms with E-state index in [-0.39, 0.29) is 5.75 Å². The average molecular weight is 277 g/mol. The maximum absolute atomic E-state index is 9.84. The number of hydrogen-bond acceptors (Lipinski definition) is 3. The summed E-state index contributed by atoms with van der Waals surface area (Å²) in [5, 5.41) is 10.8. The summed E-state index contributed by atoms with van der Waals surface area (Å²) < 4.78 is 5.14. The topological polar surface area (TPSA) is 42.4 Å². The van der Waals surface area contributed by atoms with E-state index in [9.17, 15) is 5.11 Å². The predicted octanol–water partition coefficient (Wildman–Crippen LogP) is 4.12. The third kappa shape index (κ3) is 2.72. The van der Waals surface area contributed by atoms with Crippen LogP contribution in [0.25, 0.3) is 23.1 Å². The Bertz CT molecular complexity index is 792. The summed E-state index contributed by atoms with van der Waals surface area (Å²) in [5.74, 6) is 1.04. The smallest absolute Gasteiger partial charge is 0.141 e. The van der Waals surface area contributed by atoms with E-state index in [4.69, 9.17) is 4.74 Å². The van der Waals surface area contributed by atoms with Gasteiger partial charge in [-0.1, -0.05) is 36.4 Å². The van der Waals surface area contributed by atoms with Crippen LogP contribution in [0, 0.1) is 0 Å². The number of rotatable bonds is 3. The van der Waals surface area contributed by atoms with Crippen molar-refractivity contribution in [1.29, 1.82) is 0 Å². The van der Waals surface area contributed by atoms with Gasteiger partial charge in [0.05, 0.1) is 7.11 Å². The summed E-state index contributed by atoms with van der Waals surface area (Å²) >= 11 is 0. The number of hydrogen-bond donors (Lipinski definition) is 1. The lowest BCUT2D eigenvalue weighted by atomic mass is 10.1. The molecule has 0 amide bonds. The monoisotopic (exact) mass is 277 g/mol. The summed E-state index contributed by atoms with van der Waals surface area (Å²) in [4.78, 5) is 4.22. The molecule has 0 atom stereocenters. The Balaban J connectivity index is 1.97. The van der Waals surface area contributed by atoms with Crippen molar-refractivity contribution in [2.45, 2.75) is 0 Å². The molecule has 2 aromatic carbocycles. The normalized spacial score (nSPS) is 11.1. The molecule has 0 saturated carbocycles. The van der Waals surface area contributed by atoms with E-state index < -0.39 is 0 Å². The molecule has 3 nitrogen and oxygen atoms in total. The lowest BCUT2D eigenvalue weighted by molar-refractivity contribution is 0.415. The van der Waals surface area contributed by atoms with E-state index in [1.54, 1.807) is 19.4 Å². The largest absolute Gasteiger partial charge is 0.506 e. The fraction of sp³-hybridized carbons (Fsp3) is 0.0556. The molecule has 0 aliphatic heterocycles. The number of benzene rings is 2. The zero-order valence-corrected chi connectivity index (χ0v) is 11.7. The van der Waals surface area contributed by atoms with Crippen LogP contribution in [-0.4, -0.2) is 17.2 Å². The molecule has 0 aliphatic rings. The number of methoxy groups -OCH3 is 1. The molecule has 21 heavy (non-hydrogen) atoms. The third-order valence-corrected chi connectivity index (χ3v) is 3.35. The Morgan fingerprint density at radius 2 is 1.81 bits per heavy atom. The molecule has 0 radical (unpaired) electrons. The minimum Gasteiger partial charge on any atom is -0.506 e. The molecule has 1 N–H and O–H groups in total. The molecule has 0 aliphatic carbocycles. The Morgan fingerprint density at radius 1 is 1.00 bits per heavy atom. The van der Waals surface area contributed by atoms with Gasteiger partial charge in [0.25, 0.3) is 0 Å². The first-order valence-corrected chi connectivity index (χ1v) is 6.67. The fourth-order valence-electron chi connectivity index (χ4n) is 2.23. The van der Waals surface area contributed by atoms with Gasteiger partial charge in [-0.05, 0) is 35.4 Å². The van der Waals surface area contributed by atoms with Crippen molar-refractivity contribution >= 4 is 23.1 Å². The summed E-state index contributed by atoms with van der Waals surface area (Å²) in [6.45, 7) is 0. The number of phenolic OH excluding ortho intramolecular Hbond substituents is 1. The maximum atomic E-state index is 9.84. The van der Waals surface area contributed by atoms with Crippen molar-refractivity contribution in [2.75, 3.05) is 7.11 Å². The lowest BCUT2D eigenvalue weighted by Crippen LogP contribution is -1.83. The van der Waals surface area contributed by atoms with Gasteiger partial charge in [-0.15, -0.1) is 0 Å². The van der Waals surface area contributed by atoms with Crippen LogP contribution in [0.3, 0.4) is 0 Å². The standard InChI is InChI=1S/C18H15NO2/c1-21-15-9-5-13(6-10-15)4-7-14-8-11-17(20)18-16(14)3-2-12-19-18/h2-12,20H,1H3/b7-4+. The number of pyridine rings is 1. The highest BCUT2D eigenvalue weighted by atomic mass is 16.5.